The predicted octanol–water partition coefficient (Wildman–Crippen LogP) is 4.19. The van der Waals surface area contributed by atoms with Crippen LogP contribution in [0.4, 0.5) is 0 Å². The minimum absolute atomic E-state index is 0.0190. The molecule has 2 saturated heterocycles. The number of carbonyl (C=O) groups is 3. The smallest absolute Gasteiger partial charge is 0.333 e. The molecule has 49 heavy (non-hydrogen) atoms. The summed E-state index contributed by atoms with van der Waals surface area (Å²) >= 11 is 0. The minimum Gasteiger partial charge on any atom is -0.472 e. The van der Waals surface area contributed by atoms with E-state index in [1.54, 1.807) is 32.3 Å². The average molecular weight is 683 g/mol. The molecule has 2 N–H and O–H groups in total. The third-order valence-corrected chi connectivity index (χ3v) is 14.5. The quantitative estimate of drug-likeness (QED) is 0.240. The molecule has 4 saturated carbocycles. The molecule has 0 unspecified atom stereocenters. The zero-order valence-electron chi connectivity index (χ0n) is 29.3. The number of aliphatic hydroxyl groups is 2. The molecule has 1 aromatic heterocycles. The maximum Gasteiger partial charge on any atom is 0.333 e. The Hall–Kier alpha value is -3.03. The lowest BCUT2D eigenvalue weighted by molar-refractivity contribution is -0.455. The number of hydrogen-bond acceptors (Lipinski definition) is 12. The van der Waals surface area contributed by atoms with Crippen LogP contribution in [0.2, 0.25) is 0 Å². The molecule has 1 aromatic rings. The number of fused-ring (bicyclic) bond motifs is 4. The van der Waals surface area contributed by atoms with Gasteiger partial charge in [-0.3, -0.25) is 4.79 Å². The lowest BCUT2D eigenvalue weighted by Gasteiger charge is -2.75. The van der Waals surface area contributed by atoms with Crippen LogP contribution in [0, 0.1) is 28.1 Å². The average Bonchev–Trinajstić information content (AvgIpc) is 3.86. The molecule has 7 aliphatic rings. The second-order valence-electron chi connectivity index (χ2n) is 16.2. The lowest BCUT2D eigenvalue weighted by Crippen LogP contribution is -2.92. The molecule has 12 heteroatoms. The van der Waals surface area contributed by atoms with E-state index in [9.17, 15) is 24.6 Å². The van der Waals surface area contributed by atoms with E-state index in [-0.39, 0.29) is 18.8 Å². The van der Waals surface area contributed by atoms with Crippen LogP contribution in [0.15, 0.2) is 46.3 Å². The molecule has 12 nitrogen and oxygen atoms in total. The van der Waals surface area contributed by atoms with Crippen molar-refractivity contribution >= 4 is 17.9 Å². The van der Waals surface area contributed by atoms with Gasteiger partial charge in [0.1, 0.15) is 29.5 Å². The SMILES string of the molecule is C/C=C(\C)C(=O)O[C@H]1[C@]2(C)C[C@]3(O)[C@@]1(O)[C@H]1O[C@@]4([C@@H](C)CC)O[C@@]5(CC[C@]6(C)C(=CC(=O)O[C@H]6c6ccoc6)[C@@]15O4)[C@]3(C)[C@H]2CC(=O)OC. The summed E-state index contributed by atoms with van der Waals surface area (Å²) in [5, 5.41) is 26.9. The number of carbonyl (C=O) groups excluding carboxylic acids is 3. The van der Waals surface area contributed by atoms with Crippen LogP contribution in [0.25, 0.3) is 0 Å². The Kier molecular flexibility index (Phi) is 6.52. The summed E-state index contributed by atoms with van der Waals surface area (Å²) in [4.78, 5) is 40.6. The summed E-state index contributed by atoms with van der Waals surface area (Å²) in [7, 11) is 1.30. The van der Waals surface area contributed by atoms with Crippen LogP contribution in [-0.4, -0.2) is 75.8 Å². The summed E-state index contributed by atoms with van der Waals surface area (Å²) in [5.41, 5.74) is -9.36. The molecule has 0 radical (unpaired) electrons. The van der Waals surface area contributed by atoms with Crippen LogP contribution in [0.5, 0.6) is 0 Å². The second kappa shape index (κ2) is 9.64. The van der Waals surface area contributed by atoms with Gasteiger partial charge in [-0.05, 0) is 57.1 Å². The third kappa shape index (κ3) is 3.24. The van der Waals surface area contributed by atoms with Crippen LogP contribution in [0.1, 0.15) is 92.2 Å². The van der Waals surface area contributed by atoms with E-state index >= 15 is 0 Å². The van der Waals surface area contributed by atoms with Crippen LogP contribution in [0.3, 0.4) is 0 Å². The molecular formula is C37H46O12. The maximum absolute atomic E-state index is 13.7. The summed E-state index contributed by atoms with van der Waals surface area (Å²) < 4.78 is 44.4. The molecule has 0 aromatic carbocycles. The first-order chi connectivity index (χ1) is 23.0. The Labute approximate surface area is 285 Å². The van der Waals surface area contributed by atoms with Gasteiger partial charge >= 0.3 is 17.9 Å². The van der Waals surface area contributed by atoms with E-state index in [1.165, 1.54) is 19.4 Å². The highest BCUT2D eigenvalue weighted by atomic mass is 17.0. The number of esters is 3. The Morgan fingerprint density at radius 1 is 1.16 bits per heavy atom. The number of rotatable bonds is 7. The molecule has 4 aliphatic carbocycles. The van der Waals surface area contributed by atoms with Crippen LogP contribution in [-0.2, 0) is 42.8 Å². The molecule has 8 rings (SSSR count). The normalized spacial score (nSPS) is 50.7. The zero-order valence-corrected chi connectivity index (χ0v) is 29.3. The van der Waals surface area contributed by atoms with Gasteiger partial charge in [0.25, 0.3) is 5.97 Å². The monoisotopic (exact) mass is 682 g/mol. The van der Waals surface area contributed by atoms with Gasteiger partial charge in [0.05, 0.1) is 19.6 Å². The van der Waals surface area contributed by atoms with Gasteiger partial charge in [0.2, 0.25) is 0 Å². The molecule has 13 atom stereocenters. The van der Waals surface area contributed by atoms with Gasteiger partial charge in [0, 0.05) is 45.8 Å². The van der Waals surface area contributed by atoms with E-state index in [2.05, 4.69) is 0 Å². The van der Waals surface area contributed by atoms with Gasteiger partial charge in [0.15, 0.2) is 11.2 Å². The summed E-state index contributed by atoms with van der Waals surface area (Å²) in [6, 6.07) is 1.75. The van der Waals surface area contributed by atoms with Crippen LogP contribution >= 0.6 is 0 Å². The fraction of sp³-hybridized carbons (Fsp3) is 0.703. The standard InChI is InChI=1S/C37H46O12/c1-9-19(3)27(40)46-28-31(6)18-33(41)32(7,22(31)15-24(38)43-8)34-13-12-30(5)23(16-25(39)45-26(30)21-11-14-44-17-21)36(34)29(35(28,33)42)47-37(48-34,49-36)20(4)10-2/h9,11,14,16-17,20,22,26,28-29,41-42H,10,12-13,15,18H2,1-8H3/b19-9+/t20-,22-,26-,28-,29+,30+,31+,32+,33+,34-,35-,36+,37-/m0/s1. The van der Waals surface area contributed by atoms with Gasteiger partial charge in [-0.1, -0.05) is 40.7 Å². The molecule has 1 spiro atoms. The predicted molar refractivity (Wildman–Crippen MR) is 168 cm³/mol. The van der Waals surface area contributed by atoms with E-state index in [4.69, 9.17) is 32.8 Å². The third-order valence-electron chi connectivity index (χ3n) is 14.5. The molecule has 0 amide bonds. The van der Waals surface area contributed by atoms with Gasteiger partial charge in [-0.15, -0.1) is 0 Å². The first-order valence-corrected chi connectivity index (χ1v) is 17.4. The fourth-order valence-corrected chi connectivity index (χ4v) is 11.9. The number of hydrogen-bond donors (Lipinski definition) is 2. The number of ether oxygens (including phenoxy) is 6. The summed E-state index contributed by atoms with van der Waals surface area (Å²) in [6.45, 7) is 12.9. The first-order valence-electron chi connectivity index (χ1n) is 17.4. The van der Waals surface area contributed by atoms with Crippen molar-refractivity contribution < 1.29 is 57.4 Å². The van der Waals surface area contributed by atoms with Gasteiger partial charge in [-0.25, -0.2) is 9.59 Å². The highest BCUT2D eigenvalue weighted by Crippen LogP contribution is 2.88. The van der Waals surface area contributed by atoms with Crippen LogP contribution < -0.4 is 0 Å². The summed E-state index contributed by atoms with van der Waals surface area (Å²) in [6.07, 6.45) is 3.74. The van der Waals surface area contributed by atoms with Crippen molar-refractivity contribution in [3.63, 3.8) is 0 Å². The van der Waals surface area contributed by atoms with Crippen molar-refractivity contribution in [3.05, 3.63) is 47.5 Å². The second-order valence-corrected chi connectivity index (χ2v) is 16.2. The number of cyclic esters (lactones) is 1. The van der Waals surface area contributed by atoms with Crippen molar-refractivity contribution in [2.75, 3.05) is 7.11 Å². The van der Waals surface area contributed by atoms with E-state index in [0.29, 0.717) is 36.0 Å². The molecule has 3 aliphatic heterocycles. The molecule has 4 bridgehead atoms. The highest BCUT2D eigenvalue weighted by Gasteiger charge is 3.02. The Balaban J connectivity index is 1.44. The largest absolute Gasteiger partial charge is 0.472 e. The number of methoxy groups -OCH3 is 1. The highest BCUT2D eigenvalue weighted by molar-refractivity contribution is 5.88. The van der Waals surface area contributed by atoms with E-state index in [0.717, 1.165) is 0 Å². The van der Waals surface area contributed by atoms with Crippen molar-refractivity contribution in [1.82, 2.24) is 0 Å². The number of furan rings is 1. The zero-order chi connectivity index (χ0) is 35.4. The van der Waals surface area contributed by atoms with Crippen molar-refractivity contribution in [3.8, 4) is 0 Å². The first kappa shape index (κ1) is 33.1. The lowest BCUT2D eigenvalue weighted by atomic mass is 9.35. The maximum atomic E-state index is 13.7. The molecule has 266 valence electrons. The van der Waals surface area contributed by atoms with Crippen molar-refractivity contribution in [1.29, 1.82) is 0 Å². The fourth-order valence-electron chi connectivity index (χ4n) is 11.9. The Morgan fingerprint density at radius 3 is 2.53 bits per heavy atom. The van der Waals surface area contributed by atoms with E-state index in [1.807, 2.05) is 34.6 Å². The van der Waals surface area contributed by atoms with Crippen molar-refractivity contribution in [2.45, 2.75) is 127 Å². The minimum atomic E-state index is -2.28. The van der Waals surface area contributed by atoms with Crippen molar-refractivity contribution in [2.24, 2.45) is 28.1 Å². The molecular weight excluding hydrogens is 636 g/mol. The topological polar surface area (TPSA) is 160 Å². The Bertz CT molecular complexity index is 1720. The van der Waals surface area contributed by atoms with Gasteiger partial charge in [-0.2, -0.15) is 0 Å². The molecule has 4 heterocycles. The van der Waals surface area contributed by atoms with Gasteiger partial charge < -0.3 is 43.1 Å². The Morgan fingerprint density at radius 2 is 1.90 bits per heavy atom. The summed E-state index contributed by atoms with van der Waals surface area (Å²) in [5.74, 6) is -4.61. The van der Waals surface area contributed by atoms with E-state index < -0.39 is 86.8 Å². The number of allylic oxidation sites excluding steroid dienone is 1. The molecule has 6 fully saturated rings.